The molecule has 4 rings (SSSR count). The summed E-state index contributed by atoms with van der Waals surface area (Å²) in [7, 11) is 0. The van der Waals surface area contributed by atoms with Crippen molar-refractivity contribution in [2.45, 2.75) is 0 Å². The highest BCUT2D eigenvalue weighted by Crippen LogP contribution is 2.25. The Morgan fingerprint density at radius 2 is 1.75 bits per heavy atom. The monoisotopic (exact) mass is 448 g/mol. The minimum Gasteiger partial charge on any atom is -0.484 e. The number of rotatable bonds is 6. The number of primary amides is 1. The third kappa shape index (κ3) is 4.63. The lowest BCUT2D eigenvalue weighted by Gasteiger charge is -2.10. The molecule has 7 nitrogen and oxygen atoms in total. The Kier molecular flexibility index (Phi) is 5.91. The van der Waals surface area contributed by atoms with Crippen LogP contribution >= 0.6 is 11.6 Å². The van der Waals surface area contributed by atoms with E-state index >= 15 is 0 Å². The summed E-state index contributed by atoms with van der Waals surface area (Å²) in [5.41, 5.74) is 6.66. The van der Waals surface area contributed by atoms with E-state index in [0.29, 0.717) is 33.2 Å². The number of nitrogens with one attached hydrogen (secondary N) is 1. The molecule has 0 aliphatic carbocycles. The number of fused-ring (bicyclic) bond motifs is 1. The summed E-state index contributed by atoms with van der Waals surface area (Å²) >= 11 is 5.91. The molecule has 8 heteroatoms. The van der Waals surface area contributed by atoms with Gasteiger partial charge in [-0.1, -0.05) is 23.7 Å². The van der Waals surface area contributed by atoms with Gasteiger partial charge in [-0.05, 0) is 54.6 Å². The molecule has 0 aliphatic heterocycles. The first kappa shape index (κ1) is 21.1. The number of carbonyl (C=O) groups is 2. The van der Waals surface area contributed by atoms with Gasteiger partial charge in [-0.3, -0.25) is 14.4 Å². The third-order valence-electron chi connectivity index (χ3n) is 4.66. The van der Waals surface area contributed by atoms with Gasteiger partial charge in [-0.25, -0.2) is 0 Å². The number of halogens is 1. The summed E-state index contributed by atoms with van der Waals surface area (Å²) < 4.78 is 11.4. The quantitative estimate of drug-likeness (QED) is 0.458. The van der Waals surface area contributed by atoms with Crippen molar-refractivity contribution in [1.82, 2.24) is 0 Å². The minimum absolute atomic E-state index is 0.195. The molecule has 0 bridgehead atoms. The molecule has 2 amide bonds. The second-order valence-electron chi connectivity index (χ2n) is 6.89. The Bertz CT molecular complexity index is 1380. The number of anilines is 1. The van der Waals surface area contributed by atoms with Crippen LogP contribution in [0.4, 0.5) is 5.69 Å². The Morgan fingerprint density at radius 1 is 1.00 bits per heavy atom. The van der Waals surface area contributed by atoms with Crippen molar-refractivity contribution in [1.29, 1.82) is 0 Å². The van der Waals surface area contributed by atoms with E-state index in [1.807, 2.05) is 0 Å². The van der Waals surface area contributed by atoms with E-state index in [-0.39, 0.29) is 17.6 Å². The van der Waals surface area contributed by atoms with Gasteiger partial charge in [0.05, 0.1) is 16.6 Å². The predicted molar refractivity (Wildman–Crippen MR) is 122 cm³/mol. The van der Waals surface area contributed by atoms with Crippen molar-refractivity contribution in [2.24, 2.45) is 5.73 Å². The van der Waals surface area contributed by atoms with Gasteiger partial charge in [-0.15, -0.1) is 0 Å². The van der Waals surface area contributed by atoms with Crippen molar-refractivity contribution < 1.29 is 18.7 Å². The van der Waals surface area contributed by atoms with Crippen molar-refractivity contribution in [3.63, 3.8) is 0 Å². The number of benzene rings is 3. The number of hydrogen-bond acceptors (Lipinski definition) is 5. The fourth-order valence-electron chi connectivity index (χ4n) is 3.12. The third-order valence-corrected chi connectivity index (χ3v) is 4.92. The van der Waals surface area contributed by atoms with E-state index in [0.717, 1.165) is 5.56 Å². The first-order valence-corrected chi connectivity index (χ1v) is 9.94. The molecule has 0 saturated heterocycles. The van der Waals surface area contributed by atoms with Gasteiger partial charge in [0.1, 0.15) is 17.1 Å². The number of hydrogen-bond donors (Lipinski definition) is 2. The van der Waals surface area contributed by atoms with Crippen molar-refractivity contribution in [3.8, 4) is 17.1 Å². The summed E-state index contributed by atoms with van der Waals surface area (Å²) in [6.07, 6.45) is 0. The summed E-state index contributed by atoms with van der Waals surface area (Å²) in [5, 5.41) is 3.49. The number of carbonyl (C=O) groups excluding carboxylic acids is 2. The molecule has 4 aromatic rings. The Morgan fingerprint density at radius 3 is 2.50 bits per heavy atom. The highest BCUT2D eigenvalue weighted by Gasteiger charge is 2.12. The van der Waals surface area contributed by atoms with Crippen LogP contribution in [-0.4, -0.2) is 18.4 Å². The average molecular weight is 449 g/mol. The average Bonchev–Trinajstić information content (AvgIpc) is 2.78. The zero-order valence-corrected chi connectivity index (χ0v) is 17.4. The number of para-hydroxylation sites is 1. The maximum Gasteiger partial charge on any atom is 0.262 e. The Hall–Kier alpha value is -4.10. The molecule has 3 aromatic carbocycles. The number of ether oxygens (including phenoxy) is 1. The van der Waals surface area contributed by atoms with Crippen LogP contribution in [0, 0.1) is 0 Å². The fourth-order valence-corrected chi connectivity index (χ4v) is 3.25. The SMILES string of the molecule is NC(=O)c1ccccc1NC(=O)COc1ccc2oc(-c3ccc(Cl)cc3)cc(=O)c2c1. The van der Waals surface area contributed by atoms with Gasteiger partial charge in [-0.2, -0.15) is 0 Å². The van der Waals surface area contributed by atoms with Gasteiger partial charge in [0.25, 0.3) is 11.8 Å². The molecule has 0 spiro atoms. The predicted octanol–water partition coefficient (Wildman–Crippen LogP) is 4.23. The second-order valence-corrected chi connectivity index (χ2v) is 7.32. The molecule has 1 heterocycles. The Balaban J connectivity index is 1.50. The van der Waals surface area contributed by atoms with Crippen molar-refractivity contribution >= 4 is 40.1 Å². The first-order chi connectivity index (χ1) is 15.4. The van der Waals surface area contributed by atoms with E-state index in [1.54, 1.807) is 54.6 Å². The van der Waals surface area contributed by atoms with Crippen LogP contribution in [0.15, 0.2) is 82.0 Å². The minimum atomic E-state index is -0.652. The molecule has 32 heavy (non-hydrogen) atoms. The number of amides is 2. The first-order valence-electron chi connectivity index (χ1n) is 9.56. The maximum absolute atomic E-state index is 12.6. The zero-order chi connectivity index (χ0) is 22.7. The van der Waals surface area contributed by atoms with E-state index in [1.165, 1.54) is 18.2 Å². The lowest BCUT2D eigenvalue weighted by atomic mass is 10.1. The molecule has 0 unspecified atom stereocenters. The van der Waals surface area contributed by atoms with E-state index in [4.69, 9.17) is 26.5 Å². The lowest BCUT2D eigenvalue weighted by molar-refractivity contribution is -0.118. The topological polar surface area (TPSA) is 112 Å². The molecule has 0 radical (unpaired) electrons. The van der Waals surface area contributed by atoms with Crippen LogP contribution in [0.25, 0.3) is 22.3 Å². The second kappa shape index (κ2) is 8.95. The van der Waals surface area contributed by atoms with Gasteiger partial charge >= 0.3 is 0 Å². The van der Waals surface area contributed by atoms with Gasteiger partial charge in [0, 0.05) is 16.7 Å². The van der Waals surface area contributed by atoms with E-state index in [9.17, 15) is 14.4 Å². The molecule has 3 N–H and O–H groups in total. The van der Waals surface area contributed by atoms with Crippen LogP contribution in [0.1, 0.15) is 10.4 Å². The fraction of sp³-hybridized carbons (Fsp3) is 0.0417. The molecule has 0 saturated carbocycles. The van der Waals surface area contributed by atoms with E-state index in [2.05, 4.69) is 5.32 Å². The van der Waals surface area contributed by atoms with Gasteiger partial charge < -0.3 is 20.2 Å². The molecule has 160 valence electrons. The van der Waals surface area contributed by atoms with Crippen LogP contribution in [0.3, 0.4) is 0 Å². The summed E-state index contributed by atoms with van der Waals surface area (Å²) in [4.78, 5) is 36.3. The van der Waals surface area contributed by atoms with Crippen LogP contribution in [0.2, 0.25) is 5.02 Å². The smallest absolute Gasteiger partial charge is 0.262 e. The summed E-state index contributed by atoms with van der Waals surface area (Å²) in [6, 6.07) is 19.5. The molecule has 1 aromatic heterocycles. The molecule has 0 fully saturated rings. The van der Waals surface area contributed by atoms with Crippen LogP contribution in [0.5, 0.6) is 5.75 Å². The molecular formula is C24H17ClN2O5. The highest BCUT2D eigenvalue weighted by atomic mass is 35.5. The van der Waals surface area contributed by atoms with Crippen molar-refractivity contribution in [2.75, 3.05) is 11.9 Å². The molecule has 0 atom stereocenters. The normalized spacial score (nSPS) is 10.7. The van der Waals surface area contributed by atoms with E-state index < -0.39 is 11.8 Å². The lowest BCUT2D eigenvalue weighted by Crippen LogP contribution is -2.22. The maximum atomic E-state index is 12.6. The zero-order valence-electron chi connectivity index (χ0n) is 16.6. The standard InChI is InChI=1S/C24H17ClN2O5/c25-15-7-5-14(6-8-15)22-12-20(28)18-11-16(9-10-21(18)32-22)31-13-23(29)27-19-4-2-1-3-17(19)24(26)30/h1-12H,13H2,(H2,26,30)(H,27,29). The van der Waals surface area contributed by atoms with Crippen LogP contribution in [-0.2, 0) is 4.79 Å². The number of nitrogens with two attached hydrogens (primary N) is 1. The largest absolute Gasteiger partial charge is 0.484 e. The van der Waals surface area contributed by atoms with Gasteiger partial charge in [0.2, 0.25) is 0 Å². The van der Waals surface area contributed by atoms with Gasteiger partial charge in [0.15, 0.2) is 12.0 Å². The summed E-state index contributed by atoms with van der Waals surface area (Å²) in [5.74, 6) is -0.396. The van der Waals surface area contributed by atoms with Crippen molar-refractivity contribution in [3.05, 3.63) is 93.6 Å². The molecule has 0 aliphatic rings. The summed E-state index contributed by atoms with van der Waals surface area (Å²) in [6.45, 7) is -0.327. The Labute approximate surface area is 187 Å². The van der Waals surface area contributed by atoms with Crippen LogP contribution < -0.4 is 21.2 Å². The highest BCUT2D eigenvalue weighted by molar-refractivity contribution is 6.30. The molecular weight excluding hydrogens is 432 g/mol.